The number of nitrogens with one attached hydrogen (secondary N) is 1. The second-order valence-corrected chi connectivity index (χ2v) is 4.72. The number of halogens is 1. The topological polar surface area (TPSA) is 24.9 Å². The molecule has 1 atom stereocenters. The van der Waals surface area contributed by atoms with Gasteiger partial charge in [0.1, 0.15) is 0 Å². The average Bonchev–Trinajstić information content (AvgIpc) is 2.37. The first kappa shape index (κ1) is 13.1. The van der Waals surface area contributed by atoms with Crippen molar-refractivity contribution in [2.45, 2.75) is 19.9 Å². The van der Waals surface area contributed by atoms with Gasteiger partial charge in [-0.3, -0.25) is 4.98 Å². The zero-order chi connectivity index (χ0) is 13.0. The molecule has 0 radical (unpaired) electrons. The van der Waals surface area contributed by atoms with Gasteiger partial charge in [-0.2, -0.15) is 0 Å². The molecule has 0 aliphatic rings. The number of aryl methyl sites for hydroxylation is 1. The van der Waals surface area contributed by atoms with E-state index in [-0.39, 0.29) is 6.04 Å². The van der Waals surface area contributed by atoms with Crippen LogP contribution in [0.3, 0.4) is 0 Å². The first-order chi connectivity index (χ1) is 8.72. The fourth-order valence-electron chi connectivity index (χ4n) is 2.06. The van der Waals surface area contributed by atoms with E-state index in [1.54, 1.807) is 0 Å². The van der Waals surface area contributed by atoms with E-state index in [0.717, 1.165) is 28.3 Å². The summed E-state index contributed by atoms with van der Waals surface area (Å²) in [7, 11) is 0. The Balaban J connectivity index is 2.43. The number of benzene rings is 1. The Kier molecular flexibility index (Phi) is 4.34. The largest absolute Gasteiger partial charge is 0.306 e. The van der Waals surface area contributed by atoms with Crippen molar-refractivity contribution in [3.8, 4) is 0 Å². The molecule has 1 unspecified atom stereocenters. The summed E-state index contributed by atoms with van der Waals surface area (Å²) < 4.78 is 0. The molecule has 18 heavy (non-hydrogen) atoms. The summed E-state index contributed by atoms with van der Waals surface area (Å²) in [5.41, 5.74) is 3.39. The maximum atomic E-state index is 6.28. The van der Waals surface area contributed by atoms with E-state index in [0.29, 0.717) is 0 Å². The number of nitrogens with zero attached hydrogens (tertiary/aromatic N) is 1. The molecule has 94 valence electrons. The van der Waals surface area contributed by atoms with Gasteiger partial charge in [0, 0.05) is 17.4 Å². The van der Waals surface area contributed by atoms with Gasteiger partial charge in [0.05, 0.1) is 6.04 Å². The molecule has 2 rings (SSSR count). The highest BCUT2D eigenvalue weighted by atomic mass is 35.5. The Hall–Kier alpha value is -1.38. The van der Waals surface area contributed by atoms with Crippen LogP contribution in [0, 0.1) is 6.92 Å². The third-order valence-corrected chi connectivity index (χ3v) is 3.20. The normalized spacial score (nSPS) is 12.4. The zero-order valence-corrected chi connectivity index (χ0v) is 11.4. The minimum absolute atomic E-state index is 0.0936. The Morgan fingerprint density at radius 3 is 2.72 bits per heavy atom. The van der Waals surface area contributed by atoms with Crippen molar-refractivity contribution in [3.05, 3.63) is 64.4 Å². The Morgan fingerprint density at radius 2 is 2.06 bits per heavy atom. The molecule has 0 saturated heterocycles. The Morgan fingerprint density at radius 1 is 1.28 bits per heavy atom. The first-order valence-electron chi connectivity index (χ1n) is 6.11. The predicted octanol–water partition coefficient (Wildman–Crippen LogP) is 3.74. The Bertz CT molecular complexity index is 525. The lowest BCUT2D eigenvalue weighted by atomic mass is 9.99. The lowest BCUT2D eigenvalue weighted by molar-refractivity contribution is 0.628. The number of hydrogen-bond donors (Lipinski definition) is 1. The van der Waals surface area contributed by atoms with Crippen molar-refractivity contribution >= 4 is 11.6 Å². The van der Waals surface area contributed by atoms with Gasteiger partial charge in [-0.1, -0.05) is 42.8 Å². The number of pyridine rings is 1. The number of hydrogen-bond acceptors (Lipinski definition) is 2. The van der Waals surface area contributed by atoms with E-state index in [1.165, 1.54) is 0 Å². The van der Waals surface area contributed by atoms with E-state index in [9.17, 15) is 0 Å². The monoisotopic (exact) mass is 260 g/mol. The van der Waals surface area contributed by atoms with Gasteiger partial charge in [0.2, 0.25) is 0 Å². The van der Waals surface area contributed by atoms with Crippen LogP contribution >= 0.6 is 11.6 Å². The molecule has 2 aromatic rings. The van der Waals surface area contributed by atoms with Crippen molar-refractivity contribution in [1.82, 2.24) is 10.3 Å². The first-order valence-corrected chi connectivity index (χ1v) is 6.49. The number of aromatic nitrogens is 1. The standard InChI is InChI=1S/C15H17ClN2/c1-3-18-15(12-8-11(2)9-17-10-12)13-6-4-5-7-14(13)16/h4-10,15,18H,3H2,1-2H3. The van der Waals surface area contributed by atoms with Crippen molar-refractivity contribution in [3.63, 3.8) is 0 Å². The van der Waals surface area contributed by atoms with Crippen LogP contribution in [0.2, 0.25) is 5.02 Å². The molecule has 1 N–H and O–H groups in total. The van der Waals surface area contributed by atoms with Crippen LogP contribution in [0.25, 0.3) is 0 Å². The smallest absolute Gasteiger partial charge is 0.0606 e. The number of rotatable bonds is 4. The fourth-order valence-corrected chi connectivity index (χ4v) is 2.30. The third-order valence-electron chi connectivity index (χ3n) is 2.85. The van der Waals surface area contributed by atoms with Crippen LogP contribution in [0.1, 0.15) is 29.7 Å². The van der Waals surface area contributed by atoms with Crippen LogP contribution in [-0.2, 0) is 0 Å². The molecule has 0 fully saturated rings. The molecule has 2 nitrogen and oxygen atoms in total. The molecule has 0 aliphatic carbocycles. The minimum atomic E-state index is 0.0936. The summed E-state index contributed by atoms with van der Waals surface area (Å²) in [4.78, 5) is 4.26. The van der Waals surface area contributed by atoms with Crippen molar-refractivity contribution in [2.24, 2.45) is 0 Å². The van der Waals surface area contributed by atoms with E-state index in [4.69, 9.17) is 11.6 Å². The van der Waals surface area contributed by atoms with Gasteiger partial charge in [0.25, 0.3) is 0 Å². The quantitative estimate of drug-likeness (QED) is 0.906. The summed E-state index contributed by atoms with van der Waals surface area (Å²) in [6, 6.07) is 10.2. The average molecular weight is 261 g/mol. The zero-order valence-electron chi connectivity index (χ0n) is 10.7. The van der Waals surface area contributed by atoms with E-state index < -0.39 is 0 Å². The molecular formula is C15H17ClN2. The summed E-state index contributed by atoms with van der Waals surface area (Å²) in [5, 5.41) is 4.24. The third kappa shape index (κ3) is 2.89. The minimum Gasteiger partial charge on any atom is -0.306 e. The lowest BCUT2D eigenvalue weighted by Gasteiger charge is -2.20. The maximum Gasteiger partial charge on any atom is 0.0606 e. The summed E-state index contributed by atoms with van der Waals surface area (Å²) >= 11 is 6.28. The molecule has 0 bridgehead atoms. The molecular weight excluding hydrogens is 244 g/mol. The molecule has 0 aliphatic heterocycles. The van der Waals surface area contributed by atoms with E-state index in [2.05, 4.69) is 29.4 Å². The molecule has 0 amide bonds. The molecule has 3 heteroatoms. The van der Waals surface area contributed by atoms with Gasteiger partial charge in [-0.25, -0.2) is 0 Å². The SMILES string of the molecule is CCNC(c1cncc(C)c1)c1ccccc1Cl. The van der Waals surface area contributed by atoms with Crippen molar-refractivity contribution in [1.29, 1.82) is 0 Å². The fraction of sp³-hybridized carbons (Fsp3) is 0.267. The van der Waals surface area contributed by atoms with Gasteiger partial charge >= 0.3 is 0 Å². The molecule has 1 aromatic heterocycles. The second-order valence-electron chi connectivity index (χ2n) is 4.31. The van der Waals surface area contributed by atoms with Crippen molar-refractivity contribution < 1.29 is 0 Å². The summed E-state index contributed by atoms with van der Waals surface area (Å²) in [6.45, 7) is 5.02. The van der Waals surface area contributed by atoms with E-state index in [1.807, 2.05) is 37.5 Å². The summed E-state index contributed by atoms with van der Waals surface area (Å²) in [5.74, 6) is 0. The van der Waals surface area contributed by atoms with Gasteiger partial charge in [-0.15, -0.1) is 0 Å². The molecule has 1 aromatic carbocycles. The molecule has 1 heterocycles. The molecule has 0 saturated carbocycles. The lowest BCUT2D eigenvalue weighted by Crippen LogP contribution is -2.22. The van der Waals surface area contributed by atoms with Gasteiger partial charge < -0.3 is 5.32 Å². The highest BCUT2D eigenvalue weighted by Gasteiger charge is 2.15. The van der Waals surface area contributed by atoms with Crippen LogP contribution in [0.5, 0.6) is 0 Å². The highest BCUT2D eigenvalue weighted by molar-refractivity contribution is 6.31. The Labute approximate surface area is 113 Å². The van der Waals surface area contributed by atoms with Crippen molar-refractivity contribution in [2.75, 3.05) is 6.54 Å². The summed E-state index contributed by atoms with van der Waals surface area (Å²) in [6.07, 6.45) is 3.75. The van der Waals surface area contributed by atoms with Gasteiger partial charge in [0.15, 0.2) is 0 Å². The van der Waals surface area contributed by atoms with E-state index >= 15 is 0 Å². The second kappa shape index (κ2) is 5.98. The highest BCUT2D eigenvalue weighted by Crippen LogP contribution is 2.28. The maximum absolute atomic E-state index is 6.28. The predicted molar refractivity (Wildman–Crippen MR) is 75.9 cm³/mol. The molecule has 0 spiro atoms. The van der Waals surface area contributed by atoms with Crippen LogP contribution < -0.4 is 5.32 Å². The van der Waals surface area contributed by atoms with Crippen LogP contribution in [0.15, 0.2) is 42.7 Å². The van der Waals surface area contributed by atoms with Crippen LogP contribution in [-0.4, -0.2) is 11.5 Å². The van der Waals surface area contributed by atoms with Gasteiger partial charge in [-0.05, 0) is 36.2 Å². The van der Waals surface area contributed by atoms with Crippen LogP contribution in [0.4, 0.5) is 0 Å².